The van der Waals surface area contributed by atoms with E-state index >= 15 is 0 Å². The number of hydrogen-bond donors (Lipinski definition) is 0. The largest absolute Gasteiger partial charge is 0.481 e. The summed E-state index contributed by atoms with van der Waals surface area (Å²) in [5, 5.41) is 0. The molecule has 2 amide bonds. The van der Waals surface area contributed by atoms with Gasteiger partial charge in [-0.2, -0.15) is 0 Å². The highest BCUT2D eigenvalue weighted by Crippen LogP contribution is 2.22. The van der Waals surface area contributed by atoms with Gasteiger partial charge in [0.25, 0.3) is 5.91 Å². The second kappa shape index (κ2) is 7.64. The van der Waals surface area contributed by atoms with Gasteiger partial charge in [0.05, 0.1) is 5.92 Å². The summed E-state index contributed by atoms with van der Waals surface area (Å²) in [5.74, 6) is -0.745. The molecule has 2 rings (SSSR count). The molecule has 0 aliphatic carbocycles. The zero-order valence-corrected chi connectivity index (χ0v) is 14.7. The van der Waals surface area contributed by atoms with Crippen LogP contribution in [0.1, 0.15) is 27.7 Å². The molecule has 1 aliphatic heterocycles. The number of nitrogens with zero attached hydrogens (tertiary/aromatic N) is 2. The number of para-hydroxylation sites is 1. The van der Waals surface area contributed by atoms with Crippen LogP contribution in [0.25, 0.3) is 0 Å². The van der Waals surface area contributed by atoms with Gasteiger partial charge in [-0.25, -0.2) is 4.39 Å². The summed E-state index contributed by atoms with van der Waals surface area (Å²) < 4.78 is 18.7. The van der Waals surface area contributed by atoms with Crippen molar-refractivity contribution in [1.82, 2.24) is 9.80 Å². The number of amides is 2. The molecular formula is C18H25FN2O3. The summed E-state index contributed by atoms with van der Waals surface area (Å²) in [7, 11) is 0. The Bertz CT molecular complexity index is 590. The standard InChI is InChI=1S/C18H25FN2O3/c1-12(2)21(13(3)4)18(23)14-9-20(10-14)17(22)11-24-16-8-6-5-7-15(16)19/h5-8,12-14H,9-11H2,1-4H3. The molecule has 1 heterocycles. The van der Waals surface area contributed by atoms with Crippen LogP contribution in [0.15, 0.2) is 24.3 Å². The average molecular weight is 336 g/mol. The van der Waals surface area contributed by atoms with Crippen LogP contribution in [0.4, 0.5) is 4.39 Å². The van der Waals surface area contributed by atoms with Gasteiger partial charge in [-0.05, 0) is 39.8 Å². The molecule has 1 fully saturated rings. The molecule has 1 aromatic rings. The van der Waals surface area contributed by atoms with E-state index in [4.69, 9.17) is 4.74 Å². The monoisotopic (exact) mass is 336 g/mol. The lowest BCUT2D eigenvalue weighted by Crippen LogP contribution is -2.59. The van der Waals surface area contributed by atoms with Gasteiger partial charge in [0.1, 0.15) is 0 Å². The Morgan fingerprint density at radius 1 is 1.21 bits per heavy atom. The normalized spacial score (nSPS) is 14.7. The Morgan fingerprint density at radius 3 is 2.33 bits per heavy atom. The average Bonchev–Trinajstić information content (AvgIpc) is 2.44. The lowest BCUT2D eigenvalue weighted by atomic mass is 9.97. The molecular weight excluding hydrogens is 311 g/mol. The number of carbonyl (C=O) groups is 2. The third-order valence-electron chi connectivity index (χ3n) is 4.14. The van der Waals surface area contributed by atoms with Crippen LogP contribution in [-0.4, -0.2) is 53.4 Å². The fourth-order valence-electron chi connectivity index (χ4n) is 2.95. The summed E-state index contributed by atoms with van der Waals surface area (Å²) in [5.41, 5.74) is 0. The topological polar surface area (TPSA) is 49.9 Å². The summed E-state index contributed by atoms with van der Waals surface area (Å²) in [4.78, 5) is 28.0. The van der Waals surface area contributed by atoms with Gasteiger partial charge < -0.3 is 14.5 Å². The lowest BCUT2D eigenvalue weighted by molar-refractivity contribution is -0.151. The zero-order valence-electron chi connectivity index (χ0n) is 14.7. The maximum absolute atomic E-state index is 13.4. The van der Waals surface area contributed by atoms with Crippen LogP contribution in [0, 0.1) is 11.7 Å². The zero-order chi connectivity index (χ0) is 17.9. The third kappa shape index (κ3) is 4.04. The maximum atomic E-state index is 13.4. The quantitative estimate of drug-likeness (QED) is 0.801. The Kier molecular flexibility index (Phi) is 5.80. The summed E-state index contributed by atoms with van der Waals surface area (Å²) in [6.07, 6.45) is 0. The SMILES string of the molecule is CC(C)N(C(=O)C1CN(C(=O)COc2ccccc2F)C1)C(C)C. The van der Waals surface area contributed by atoms with Crippen molar-refractivity contribution >= 4 is 11.8 Å². The Labute approximate surface area is 142 Å². The molecule has 1 saturated heterocycles. The van der Waals surface area contributed by atoms with Crippen LogP contribution >= 0.6 is 0 Å². The van der Waals surface area contributed by atoms with Gasteiger partial charge in [0.2, 0.25) is 5.91 Å². The maximum Gasteiger partial charge on any atom is 0.260 e. The first-order valence-corrected chi connectivity index (χ1v) is 8.28. The van der Waals surface area contributed by atoms with Crippen molar-refractivity contribution in [2.45, 2.75) is 39.8 Å². The molecule has 5 nitrogen and oxygen atoms in total. The van der Waals surface area contributed by atoms with E-state index in [1.54, 1.807) is 17.0 Å². The highest BCUT2D eigenvalue weighted by Gasteiger charge is 2.39. The number of halogens is 1. The van der Waals surface area contributed by atoms with Gasteiger partial charge in [-0.1, -0.05) is 12.1 Å². The van der Waals surface area contributed by atoms with Gasteiger partial charge >= 0.3 is 0 Å². The molecule has 6 heteroatoms. The van der Waals surface area contributed by atoms with Crippen LogP contribution in [0.2, 0.25) is 0 Å². The van der Waals surface area contributed by atoms with E-state index in [1.807, 2.05) is 32.6 Å². The van der Waals surface area contributed by atoms with Crippen molar-refractivity contribution < 1.29 is 18.7 Å². The van der Waals surface area contributed by atoms with Gasteiger partial charge in [-0.15, -0.1) is 0 Å². The summed E-state index contributed by atoms with van der Waals surface area (Å²) >= 11 is 0. The van der Waals surface area contributed by atoms with Crippen molar-refractivity contribution in [2.24, 2.45) is 5.92 Å². The third-order valence-corrected chi connectivity index (χ3v) is 4.14. The Balaban J connectivity index is 1.82. The van der Waals surface area contributed by atoms with Gasteiger partial charge in [0.15, 0.2) is 18.2 Å². The van der Waals surface area contributed by atoms with Crippen LogP contribution in [0.5, 0.6) is 5.75 Å². The van der Waals surface area contributed by atoms with E-state index in [1.165, 1.54) is 12.1 Å². The minimum absolute atomic E-state index is 0.0600. The number of carbonyl (C=O) groups excluding carboxylic acids is 2. The smallest absolute Gasteiger partial charge is 0.260 e. The van der Waals surface area contributed by atoms with Crippen LogP contribution < -0.4 is 4.74 Å². The molecule has 24 heavy (non-hydrogen) atoms. The molecule has 0 unspecified atom stereocenters. The highest BCUT2D eigenvalue weighted by molar-refractivity contribution is 5.85. The summed E-state index contributed by atoms with van der Waals surface area (Å²) in [6.45, 7) is 8.52. The van der Waals surface area contributed by atoms with E-state index in [2.05, 4.69) is 0 Å². The molecule has 0 atom stereocenters. The first kappa shape index (κ1) is 18.2. The Morgan fingerprint density at radius 2 is 1.79 bits per heavy atom. The lowest BCUT2D eigenvalue weighted by Gasteiger charge is -2.42. The summed E-state index contributed by atoms with van der Waals surface area (Å²) in [6, 6.07) is 6.23. The minimum atomic E-state index is -0.494. The Hall–Kier alpha value is -2.11. The fourth-order valence-corrected chi connectivity index (χ4v) is 2.95. The molecule has 0 radical (unpaired) electrons. The molecule has 0 spiro atoms. The van der Waals surface area contributed by atoms with Crippen molar-refractivity contribution in [3.63, 3.8) is 0 Å². The van der Waals surface area contributed by atoms with E-state index in [9.17, 15) is 14.0 Å². The van der Waals surface area contributed by atoms with Gasteiger partial charge in [-0.3, -0.25) is 9.59 Å². The molecule has 1 aromatic carbocycles. The van der Waals surface area contributed by atoms with Crippen molar-refractivity contribution in [2.75, 3.05) is 19.7 Å². The second-order valence-electron chi connectivity index (χ2n) is 6.65. The fraction of sp³-hybridized carbons (Fsp3) is 0.556. The molecule has 0 saturated carbocycles. The van der Waals surface area contributed by atoms with E-state index in [-0.39, 0.29) is 42.2 Å². The van der Waals surface area contributed by atoms with E-state index < -0.39 is 5.82 Å². The highest BCUT2D eigenvalue weighted by atomic mass is 19.1. The van der Waals surface area contributed by atoms with Crippen LogP contribution in [0.3, 0.4) is 0 Å². The minimum Gasteiger partial charge on any atom is -0.481 e. The number of benzene rings is 1. The predicted octanol–water partition coefficient (Wildman–Crippen LogP) is 2.31. The number of likely N-dealkylation sites (tertiary alicyclic amines) is 1. The first-order valence-electron chi connectivity index (χ1n) is 8.28. The molecule has 0 N–H and O–H groups in total. The molecule has 0 aromatic heterocycles. The van der Waals surface area contributed by atoms with E-state index in [0.29, 0.717) is 13.1 Å². The van der Waals surface area contributed by atoms with Crippen molar-refractivity contribution in [3.8, 4) is 5.75 Å². The molecule has 0 bridgehead atoms. The molecule has 132 valence electrons. The van der Waals surface area contributed by atoms with E-state index in [0.717, 1.165) is 0 Å². The molecule has 1 aliphatic rings. The number of hydrogen-bond acceptors (Lipinski definition) is 3. The van der Waals surface area contributed by atoms with Crippen LogP contribution in [-0.2, 0) is 9.59 Å². The predicted molar refractivity (Wildman–Crippen MR) is 89.1 cm³/mol. The number of ether oxygens (including phenoxy) is 1. The van der Waals surface area contributed by atoms with Gasteiger partial charge in [0, 0.05) is 25.2 Å². The van der Waals surface area contributed by atoms with Crippen molar-refractivity contribution in [3.05, 3.63) is 30.1 Å². The van der Waals surface area contributed by atoms with Crippen molar-refractivity contribution in [1.29, 1.82) is 0 Å². The number of rotatable bonds is 6. The first-order chi connectivity index (χ1) is 11.3. The second-order valence-corrected chi connectivity index (χ2v) is 6.65.